The van der Waals surface area contributed by atoms with Crippen LogP contribution >= 0.6 is 11.3 Å². The van der Waals surface area contributed by atoms with Gasteiger partial charge in [0, 0.05) is 45.3 Å². The van der Waals surface area contributed by atoms with Gasteiger partial charge >= 0.3 is 5.97 Å². The lowest BCUT2D eigenvalue weighted by atomic mass is 10.0. The third-order valence-electron chi connectivity index (χ3n) is 7.00. The summed E-state index contributed by atoms with van der Waals surface area (Å²) >= 11 is 1.60. The van der Waals surface area contributed by atoms with E-state index in [-0.39, 0.29) is 4.90 Å². The number of ether oxygens (including phenoxy) is 1. The number of piperidine rings is 1. The second kappa shape index (κ2) is 10.5. The van der Waals surface area contributed by atoms with E-state index in [1.807, 2.05) is 12.1 Å². The van der Waals surface area contributed by atoms with Crippen molar-refractivity contribution in [1.82, 2.24) is 14.2 Å². The first kappa shape index (κ1) is 25.1. The van der Waals surface area contributed by atoms with Crippen LogP contribution in [0.3, 0.4) is 0 Å². The van der Waals surface area contributed by atoms with Gasteiger partial charge in [0.15, 0.2) is 5.13 Å². The van der Waals surface area contributed by atoms with Crippen molar-refractivity contribution in [2.75, 3.05) is 50.7 Å². The van der Waals surface area contributed by atoms with Crippen LogP contribution in [0.2, 0.25) is 0 Å². The van der Waals surface area contributed by atoms with Crippen molar-refractivity contribution in [3.05, 3.63) is 48.0 Å². The third-order valence-corrected chi connectivity index (χ3v) is 9.96. The van der Waals surface area contributed by atoms with Crippen molar-refractivity contribution in [3.63, 3.8) is 0 Å². The highest BCUT2D eigenvalue weighted by atomic mass is 32.2. The van der Waals surface area contributed by atoms with Gasteiger partial charge < -0.3 is 14.5 Å². The highest BCUT2D eigenvalue weighted by Crippen LogP contribution is 2.32. The molecule has 5 rings (SSSR count). The maximum Gasteiger partial charge on any atom is 0.343 e. The van der Waals surface area contributed by atoms with E-state index in [4.69, 9.17) is 9.72 Å². The number of likely N-dealkylation sites (N-methyl/N-ethyl adjacent to an activating group) is 1. The number of piperazine rings is 1. The molecule has 0 saturated carbocycles. The summed E-state index contributed by atoms with van der Waals surface area (Å²) in [6, 6.07) is 11.5. The minimum atomic E-state index is -3.56. The molecule has 0 radical (unpaired) electrons. The van der Waals surface area contributed by atoms with E-state index >= 15 is 0 Å². The lowest BCUT2D eigenvalue weighted by molar-refractivity contribution is 0.0735. The first-order valence-electron chi connectivity index (χ1n) is 12.5. The Morgan fingerprint density at radius 2 is 1.83 bits per heavy atom. The average molecular weight is 529 g/mol. The number of esters is 1. The summed E-state index contributed by atoms with van der Waals surface area (Å²) in [6.45, 7) is 10.4. The quantitative estimate of drug-likeness (QED) is 0.352. The summed E-state index contributed by atoms with van der Waals surface area (Å²) in [5, 5.41) is 0.990. The molecule has 2 aliphatic rings. The number of carbonyl (C=O) groups is 1. The molecule has 10 heteroatoms. The third kappa shape index (κ3) is 5.27. The number of fused-ring (bicyclic) bond motifs is 1. The van der Waals surface area contributed by atoms with Crippen molar-refractivity contribution in [1.29, 1.82) is 0 Å². The summed E-state index contributed by atoms with van der Waals surface area (Å²) in [7, 11) is -3.56. The number of anilines is 1. The molecule has 36 heavy (non-hydrogen) atoms. The Balaban J connectivity index is 1.26. The Morgan fingerprint density at radius 1 is 1.08 bits per heavy atom. The van der Waals surface area contributed by atoms with Crippen LogP contribution in [0.15, 0.2) is 47.4 Å². The number of hydrogen-bond donors (Lipinski definition) is 0. The van der Waals surface area contributed by atoms with Gasteiger partial charge in [-0.05, 0) is 61.7 Å². The molecule has 1 unspecified atom stereocenters. The molecule has 3 heterocycles. The largest absolute Gasteiger partial charge is 0.423 e. The van der Waals surface area contributed by atoms with Crippen molar-refractivity contribution in [3.8, 4) is 5.75 Å². The zero-order valence-electron chi connectivity index (χ0n) is 20.7. The molecule has 0 spiro atoms. The zero-order valence-corrected chi connectivity index (χ0v) is 22.4. The van der Waals surface area contributed by atoms with Crippen molar-refractivity contribution >= 4 is 42.7 Å². The topological polar surface area (TPSA) is 83.0 Å². The highest BCUT2D eigenvalue weighted by Gasteiger charge is 2.28. The van der Waals surface area contributed by atoms with E-state index in [1.165, 1.54) is 28.6 Å². The molecule has 0 amide bonds. The number of carbonyl (C=O) groups excluding carboxylic acids is 1. The van der Waals surface area contributed by atoms with Gasteiger partial charge in [0.25, 0.3) is 0 Å². The van der Waals surface area contributed by atoms with E-state index in [1.54, 1.807) is 17.4 Å². The minimum Gasteiger partial charge on any atom is -0.423 e. The van der Waals surface area contributed by atoms with Crippen molar-refractivity contribution < 1.29 is 17.9 Å². The van der Waals surface area contributed by atoms with Crippen LogP contribution in [-0.2, 0) is 10.0 Å². The molecule has 0 aliphatic carbocycles. The van der Waals surface area contributed by atoms with Crippen LogP contribution in [0.1, 0.15) is 37.0 Å². The molecule has 0 N–H and O–H groups in total. The number of nitrogens with zero attached hydrogens (tertiary/aromatic N) is 4. The molecule has 8 nitrogen and oxygen atoms in total. The van der Waals surface area contributed by atoms with Crippen molar-refractivity contribution in [2.45, 2.75) is 31.6 Å². The van der Waals surface area contributed by atoms with E-state index in [0.29, 0.717) is 30.3 Å². The predicted octanol–water partition coefficient (Wildman–Crippen LogP) is 4.08. The molecule has 2 saturated heterocycles. The van der Waals surface area contributed by atoms with E-state index in [2.05, 4.69) is 23.6 Å². The Bertz CT molecular complexity index is 1330. The molecular formula is C26H32N4O4S2. The van der Waals surface area contributed by atoms with Gasteiger partial charge in [-0.1, -0.05) is 25.2 Å². The summed E-state index contributed by atoms with van der Waals surface area (Å²) in [5.74, 6) is 0.267. The standard InChI is InChI=1S/C26H32N4O4S2/c1-3-28-13-15-29(16-14-28)26-27-23-11-8-21(17-24(23)35-26)34-25(31)20-6-9-22(10-7-20)36(32,33)30-12-4-5-19(2)18-30/h6-11,17,19H,3-5,12-16,18H2,1-2H3. The summed E-state index contributed by atoms with van der Waals surface area (Å²) in [5.41, 5.74) is 1.19. The molecular weight excluding hydrogens is 496 g/mol. The number of benzene rings is 2. The molecule has 2 aromatic carbocycles. The molecule has 0 bridgehead atoms. The normalized spacial score (nSPS) is 20.1. The lowest BCUT2D eigenvalue weighted by Gasteiger charge is -2.33. The maximum absolute atomic E-state index is 13.0. The number of rotatable bonds is 6. The fraction of sp³-hybridized carbons (Fsp3) is 0.462. The maximum atomic E-state index is 13.0. The van der Waals surface area contributed by atoms with Gasteiger partial charge in [0.1, 0.15) is 5.75 Å². The lowest BCUT2D eigenvalue weighted by Crippen LogP contribution is -2.46. The molecule has 3 aromatic rings. The first-order valence-corrected chi connectivity index (χ1v) is 14.8. The van der Waals surface area contributed by atoms with Gasteiger partial charge in [-0.3, -0.25) is 0 Å². The van der Waals surface area contributed by atoms with Gasteiger partial charge in [-0.15, -0.1) is 0 Å². The number of hydrogen-bond acceptors (Lipinski definition) is 8. The number of sulfonamides is 1. The van der Waals surface area contributed by atoms with Crippen LogP contribution < -0.4 is 9.64 Å². The summed E-state index contributed by atoms with van der Waals surface area (Å²) in [6.07, 6.45) is 1.91. The number of aromatic nitrogens is 1. The fourth-order valence-electron chi connectivity index (χ4n) is 4.79. The molecule has 1 aromatic heterocycles. The SMILES string of the molecule is CCN1CCN(c2nc3ccc(OC(=O)c4ccc(S(=O)(=O)N5CCCC(C)C5)cc4)cc3s2)CC1. The molecule has 2 fully saturated rings. The van der Waals surface area contributed by atoms with E-state index in [9.17, 15) is 13.2 Å². The fourth-order valence-corrected chi connectivity index (χ4v) is 7.43. The smallest absolute Gasteiger partial charge is 0.343 e. The van der Waals surface area contributed by atoms with Crippen LogP contribution in [0.25, 0.3) is 10.2 Å². The Hall–Kier alpha value is -2.53. The van der Waals surface area contributed by atoms with Gasteiger partial charge in [-0.2, -0.15) is 4.31 Å². The number of thiazole rings is 1. The van der Waals surface area contributed by atoms with Gasteiger partial charge in [0.2, 0.25) is 10.0 Å². The van der Waals surface area contributed by atoms with Crippen LogP contribution in [0.5, 0.6) is 5.75 Å². The second-order valence-electron chi connectivity index (χ2n) is 9.57. The van der Waals surface area contributed by atoms with E-state index in [0.717, 1.165) is 60.9 Å². The van der Waals surface area contributed by atoms with Crippen molar-refractivity contribution in [2.24, 2.45) is 5.92 Å². The predicted molar refractivity (Wildman–Crippen MR) is 143 cm³/mol. The monoisotopic (exact) mass is 528 g/mol. The Morgan fingerprint density at radius 3 is 2.53 bits per heavy atom. The Labute approximate surface area is 216 Å². The Kier molecular flexibility index (Phi) is 7.30. The van der Waals surface area contributed by atoms with Crippen LogP contribution in [0, 0.1) is 5.92 Å². The van der Waals surface area contributed by atoms with Crippen LogP contribution in [0.4, 0.5) is 5.13 Å². The van der Waals surface area contributed by atoms with Gasteiger partial charge in [0.05, 0.1) is 20.7 Å². The summed E-state index contributed by atoms with van der Waals surface area (Å²) in [4.78, 5) is 22.5. The van der Waals surface area contributed by atoms with E-state index < -0.39 is 16.0 Å². The average Bonchev–Trinajstić information content (AvgIpc) is 3.32. The zero-order chi connectivity index (χ0) is 25.3. The second-order valence-corrected chi connectivity index (χ2v) is 12.5. The minimum absolute atomic E-state index is 0.200. The molecule has 192 valence electrons. The highest BCUT2D eigenvalue weighted by molar-refractivity contribution is 7.89. The van der Waals surface area contributed by atoms with Crippen LogP contribution in [-0.4, -0.2) is 74.4 Å². The van der Waals surface area contributed by atoms with Gasteiger partial charge in [-0.25, -0.2) is 18.2 Å². The molecule has 1 atom stereocenters. The first-order chi connectivity index (χ1) is 17.3. The molecule has 2 aliphatic heterocycles. The summed E-state index contributed by atoms with van der Waals surface area (Å²) < 4.78 is 34.1.